The summed E-state index contributed by atoms with van der Waals surface area (Å²) in [5, 5.41) is 0. The average molecular weight is 309 g/mol. The largest absolute Gasteiger partial charge is 0.489 e. The van der Waals surface area contributed by atoms with Crippen molar-refractivity contribution in [2.75, 3.05) is 0 Å². The molecule has 3 heteroatoms. The molecule has 0 radical (unpaired) electrons. The minimum Gasteiger partial charge on any atom is -0.489 e. The van der Waals surface area contributed by atoms with Gasteiger partial charge in [-0.25, -0.2) is 4.39 Å². The van der Waals surface area contributed by atoms with Gasteiger partial charge in [-0.15, -0.1) is 0 Å². The molecule has 0 heterocycles. The van der Waals surface area contributed by atoms with Gasteiger partial charge in [-0.05, 0) is 60.9 Å². The molecule has 2 aromatic carbocycles. The Morgan fingerprint density at radius 3 is 2.28 bits per heavy atom. The highest BCUT2D eigenvalue weighted by Crippen LogP contribution is 2.19. The Kier molecular flexibility index (Phi) is 4.02. The summed E-state index contributed by atoms with van der Waals surface area (Å²) in [5.74, 6) is 0.552. The number of halogens is 2. The van der Waals surface area contributed by atoms with Gasteiger partial charge < -0.3 is 4.74 Å². The highest BCUT2D eigenvalue weighted by Gasteiger charge is 2.01. The summed E-state index contributed by atoms with van der Waals surface area (Å²) in [5.41, 5.74) is 3.12. The number of hydrogen-bond donors (Lipinski definition) is 0. The van der Waals surface area contributed by atoms with E-state index in [2.05, 4.69) is 22.0 Å². The second kappa shape index (κ2) is 5.53. The van der Waals surface area contributed by atoms with Crippen LogP contribution in [0.15, 0.2) is 40.9 Å². The molecule has 2 aromatic rings. The van der Waals surface area contributed by atoms with Crippen molar-refractivity contribution < 1.29 is 9.13 Å². The molecule has 0 saturated heterocycles. The summed E-state index contributed by atoms with van der Waals surface area (Å²) in [6.45, 7) is 4.41. The van der Waals surface area contributed by atoms with Crippen molar-refractivity contribution in [3.05, 3.63) is 63.4 Å². The van der Waals surface area contributed by atoms with Gasteiger partial charge in [0.05, 0.1) is 0 Å². The molecule has 18 heavy (non-hydrogen) atoms. The first-order valence-corrected chi connectivity index (χ1v) is 6.48. The minimum atomic E-state index is -0.261. The quantitative estimate of drug-likeness (QED) is 0.792. The van der Waals surface area contributed by atoms with E-state index >= 15 is 0 Å². The lowest BCUT2D eigenvalue weighted by Crippen LogP contribution is -1.97. The Bertz CT molecular complexity index is 474. The van der Waals surface area contributed by atoms with Crippen LogP contribution in [0.4, 0.5) is 4.39 Å². The van der Waals surface area contributed by atoms with Gasteiger partial charge in [0, 0.05) is 4.47 Å². The van der Waals surface area contributed by atoms with E-state index in [9.17, 15) is 4.39 Å². The lowest BCUT2D eigenvalue weighted by Gasteiger charge is -2.09. The number of hydrogen-bond acceptors (Lipinski definition) is 1. The summed E-state index contributed by atoms with van der Waals surface area (Å²) in [6.07, 6.45) is 0. The van der Waals surface area contributed by atoms with Gasteiger partial charge in [-0.3, -0.25) is 0 Å². The SMILES string of the molecule is Cc1cc(C)cc(OCc2cc(F)cc(Br)c2)c1. The minimum absolute atomic E-state index is 0.261. The molecule has 0 N–H and O–H groups in total. The number of rotatable bonds is 3. The Labute approximate surface area is 115 Å². The van der Waals surface area contributed by atoms with Crippen LogP contribution < -0.4 is 4.74 Å². The summed E-state index contributed by atoms with van der Waals surface area (Å²) in [6, 6.07) is 10.8. The van der Waals surface area contributed by atoms with E-state index in [4.69, 9.17) is 4.74 Å². The van der Waals surface area contributed by atoms with E-state index in [1.807, 2.05) is 32.0 Å². The zero-order valence-electron chi connectivity index (χ0n) is 10.3. The van der Waals surface area contributed by atoms with E-state index in [0.717, 1.165) is 26.9 Å². The first-order valence-electron chi connectivity index (χ1n) is 5.69. The van der Waals surface area contributed by atoms with Crippen LogP contribution in [-0.4, -0.2) is 0 Å². The molecule has 0 amide bonds. The lowest BCUT2D eigenvalue weighted by molar-refractivity contribution is 0.305. The zero-order chi connectivity index (χ0) is 13.1. The number of ether oxygens (including phenoxy) is 1. The van der Waals surface area contributed by atoms with E-state index < -0.39 is 0 Å². The number of benzene rings is 2. The smallest absolute Gasteiger partial charge is 0.124 e. The highest BCUT2D eigenvalue weighted by atomic mass is 79.9. The van der Waals surface area contributed by atoms with E-state index in [-0.39, 0.29) is 5.82 Å². The van der Waals surface area contributed by atoms with Crippen molar-refractivity contribution in [3.63, 3.8) is 0 Å². The van der Waals surface area contributed by atoms with Crippen molar-refractivity contribution in [2.45, 2.75) is 20.5 Å². The molecule has 0 spiro atoms. The van der Waals surface area contributed by atoms with Gasteiger partial charge in [0.25, 0.3) is 0 Å². The Morgan fingerprint density at radius 2 is 1.67 bits per heavy atom. The van der Waals surface area contributed by atoms with Crippen molar-refractivity contribution in [2.24, 2.45) is 0 Å². The molecule has 1 nitrogen and oxygen atoms in total. The predicted octanol–water partition coefficient (Wildman–Crippen LogP) is 4.78. The van der Waals surface area contributed by atoms with Crippen LogP contribution in [0.25, 0.3) is 0 Å². The maximum absolute atomic E-state index is 13.2. The molecule has 94 valence electrons. The van der Waals surface area contributed by atoms with Crippen LogP contribution in [0.3, 0.4) is 0 Å². The maximum atomic E-state index is 13.2. The molecule has 0 saturated carbocycles. The summed E-state index contributed by atoms with van der Waals surface area (Å²) in [4.78, 5) is 0. The van der Waals surface area contributed by atoms with Crippen molar-refractivity contribution >= 4 is 15.9 Å². The third-order valence-electron chi connectivity index (χ3n) is 2.52. The van der Waals surface area contributed by atoms with Gasteiger partial charge in [0.2, 0.25) is 0 Å². The number of aryl methyl sites for hydroxylation is 2. The van der Waals surface area contributed by atoms with Crippen LogP contribution in [0.5, 0.6) is 5.75 Å². The first-order chi connectivity index (χ1) is 8.52. The molecule has 0 aliphatic carbocycles. The summed E-state index contributed by atoms with van der Waals surface area (Å²) in [7, 11) is 0. The molecule has 0 fully saturated rings. The molecule has 0 aliphatic heterocycles. The normalized spacial score (nSPS) is 10.4. The van der Waals surface area contributed by atoms with Gasteiger partial charge in [0.15, 0.2) is 0 Å². The van der Waals surface area contributed by atoms with E-state index in [1.54, 1.807) is 0 Å². The van der Waals surface area contributed by atoms with Gasteiger partial charge in [-0.2, -0.15) is 0 Å². The van der Waals surface area contributed by atoms with E-state index in [0.29, 0.717) is 6.61 Å². The van der Waals surface area contributed by atoms with Gasteiger partial charge in [0.1, 0.15) is 18.2 Å². The van der Waals surface area contributed by atoms with Crippen LogP contribution >= 0.6 is 15.9 Å². The molecule has 0 aliphatic rings. The summed E-state index contributed by atoms with van der Waals surface area (Å²) >= 11 is 3.27. The monoisotopic (exact) mass is 308 g/mol. The molecule has 0 bridgehead atoms. The first kappa shape index (κ1) is 13.1. The van der Waals surface area contributed by atoms with Crippen molar-refractivity contribution in [3.8, 4) is 5.75 Å². The lowest BCUT2D eigenvalue weighted by atomic mass is 10.1. The Hall–Kier alpha value is -1.35. The second-order valence-electron chi connectivity index (χ2n) is 4.39. The fourth-order valence-electron chi connectivity index (χ4n) is 1.88. The topological polar surface area (TPSA) is 9.23 Å². The van der Waals surface area contributed by atoms with E-state index in [1.165, 1.54) is 12.1 Å². The van der Waals surface area contributed by atoms with Crippen LogP contribution in [0, 0.1) is 19.7 Å². The zero-order valence-corrected chi connectivity index (χ0v) is 11.9. The van der Waals surface area contributed by atoms with Crippen LogP contribution in [-0.2, 0) is 6.61 Å². The summed E-state index contributed by atoms with van der Waals surface area (Å²) < 4.78 is 19.6. The van der Waals surface area contributed by atoms with Crippen molar-refractivity contribution in [1.29, 1.82) is 0 Å². The molecule has 0 atom stereocenters. The average Bonchev–Trinajstić information content (AvgIpc) is 2.23. The highest BCUT2D eigenvalue weighted by molar-refractivity contribution is 9.10. The molecular weight excluding hydrogens is 295 g/mol. The fourth-order valence-corrected chi connectivity index (χ4v) is 2.39. The molecule has 0 unspecified atom stereocenters. The van der Waals surface area contributed by atoms with Crippen LogP contribution in [0.1, 0.15) is 16.7 Å². The second-order valence-corrected chi connectivity index (χ2v) is 5.31. The molecule has 2 rings (SSSR count). The molecule has 0 aromatic heterocycles. The van der Waals surface area contributed by atoms with Gasteiger partial charge in [-0.1, -0.05) is 22.0 Å². The van der Waals surface area contributed by atoms with Crippen molar-refractivity contribution in [1.82, 2.24) is 0 Å². The third-order valence-corrected chi connectivity index (χ3v) is 2.98. The predicted molar refractivity (Wildman–Crippen MR) is 74.3 cm³/mol. The van der Waals surface area contributed by atoms with Crippen LogP contribution in [0.2, 0.25) is 0 Å². The van der Waals surface area contributed by atoms with Gasteiger partial charge >= 0.3 is 0 Å². The maximum Gasteiger partial charge on any atom is 0.124 e. The standard InChI is InChI=1S/C15H14BrFO/c1-10-3-11(2)5-15(4-10)18-9-12-6-13(16)8-14(17)7-12/h3-8H,9H2,1-2H3. The Balaban J connectivity index is 2.11. The molecular formula is C15H14BrFO. The fraction of sp³-hybridized carbons (Fsp3) is 0.200. The third kappa shape index (κ3) is 3.57. The Morgan fingerprint density at radius 1 is 1.00 bits per heavy atom.